The predicted octanol–water partition coefficient (Wildman–Crippen LogP) is 2.37. The molecule has 0 saturated heterocycles. The standard InChI is InChI=1S/C12H13FN2/c13-10-2-1-3-11-12(10)9(6-15-11)8-4-7(8)5-14/h1-3,6-8,15H,4-5,14H2/t7-,8+/m0/s1. The number of nitrogens with two attached hydrogens (primary N) is 1. The quantitative estimate of drug-likeness (QED) is 0.774. The third-order valence-corrected chi connectivity index (χ3v) is 3.31. The van der Waals surface area contributed by atoms with E-state index in [4.69, 9.17) is 5.73 Å². The largest absolute Gasteiger partial charge is 0.361 e. The van der Waals surface area contributed by atoms with E-state index in [9.17, 15) is 4.39 Å². The molecule has 3 rings (SSSR count). The van der Waals surface area contributed by atoms with Crippen LogP contribution in [0.5, 0.6) is 0 Å². The number of hydrogen-bond acceptors (Lipinski definition) is 1. The van der Waals surface area contributed by atoms with E-state index in [1.54, 1.807) is 6.07 Å². The smallest absolute Gasteiger partial charge is 0.132 e. The van der Waals surface area contributed by atoms with Gasteiger partial charge in [0.1, 0.15) is 5.82 Å². The second-order valence-corrected chi connectivity index (χ2v) is 4.24. The van der Waals surface area contributed by atoms with Gasteiger partial charge in [-0.2, -0.15) is 0 Å². The van der Waals surface area contributed by atoms with Gasteiger partial charge in [-0.3, -0.25) is 0 Å². The number of rotatable bonds is 2. The molecule has 2 nitrogen and oxygen atoms in total. The van der Waals surface area contributed by atoms with E-state index >= 15 is 0 Å². The van der Waals surface area contributed by atoms with Crippen molar-refractivity contribution in [2.75, 3.05) is 6.54 Å². The lowest BCUT2D eigenvalue weighted by molar-refractivity contribution is 0.638. The molecule has 1 aromatic carbocycles. The van der Waals surface area contributed by atoms with Crippen LogP contribution < -0.4 is 5.73 Å². The van der Waals surface area contributed by atoms with Gasteiger partial charge in [-0.25, -0.2) is 4.39 Å². The lowest BCUT2D eigenvalue weighted by Gasteiger charge is -1.98. The van der Waals surface area contributed by atoms with Crippen LogP contribution in [-0.2, 0) is 0 Å². The molecule has 0 radical (unpaired) electrons. The molecule has 0 unspecified atom stereocenters. The molecular formula is C12H13FN2. The third kappa shape index (κ3) is 1.27. The molecule has 2 aromatic rings. The van der Waals surface area contributed by atoms with E-state index in [0.717, 1.165) is 22.9 Å². The van der Waals surface area contributed by atoms with Crippen molar-refractivity contribution in [3.05, 3.63) is 35.8 Å². The lowest BCUT2D eigenvalue weighted by Crippen LogP contribution is -2.01. The summed E-state index contributed by atoms with van der Waals surface area (Å²) < 4.78 is 13.6. The minimum Gasteiger partial charge on any atom is -0.361 e. The number of halogens is 1. The zero-order chi connectivity index (χ0) is 10.4. The van der Waals surface area contributed by atoms with Gasteiger partial charge in [0.25, 0.3) is 0 Å². The highest BCUT2D eigenvalue weighted by molar-refractivity contribution is 5.84. The highest BCUT2D eigenvalue weighted by Crippen LogP contribution is 2.49. The molecule has 1 aromatic heterocycles. The molecule has 1 aliphatic rings. The lowest BCUT2D eigenvalue weighted by atomic mass is 10.1. The van der Waals surface area contributed by atoms with Crippen LogP contribution >= 0.6 is 0 Å². The molecule has 78 valence electrons. The Bertz CT molecular complexity index is 503. The van der Waals surface area contributed by atoms with Crippen molar-refractivity contribution in [1.29, 1.82) is 0 Å². The first-order valence-electron chi connectivity index (χ1n) is 5.27. The maximum atomic E-state index is 13.6. The summed E-state index contributed by atoms with van der Waals surface area (Å²) in [7, 11) is 0. The zero-order valence-corrected chi connectivity index (χ0v) is 8.33. The molecule has 1 heterocycles. The number of aromatic nitrogens is 1. The first kappa shape index (κ1) is 8.92. The molecule has 2 atom stereocenters. The van der Waals surface area contributed by atoms with Crippen molar-refractivity contribution >= 4 is 10.9 Å². The summed E-state index contributed by atoms with van der Waals surface area (Å²) in [6.45, 7) is 0.700. The maximum Gasteiger partial charge on any atom is 0.132 e. The average Bonchev–Trinajstić information content (AvgIpc) is 2.90. The Hall–Kier alpha value is -1.35. The number of nitrogens with one attached hydrogen (secondary N) is 1. The molecular weight excluding hydrogens is 191 g/mol. The molecule has 0 bridgehead atoms. The molecule has 1 aliphatic carbocycles. The number of aromatic amines is 1. The van der Waals surface area contributed by atoms with Gasteiger partial charge in [-0.15, -0.1) is 0 Å². The first-order valence-corrected chi connectivity index (χ1v) is 5.27. The van der Waals surface area contributed by atoms with Crippen LogP contribution in [0.15, 0.2) is 24.4 Å². The van der Waals surface area contributed by atoms with Crippen molar-refractivity contribution in [3.8, 4) is 0 Å². The molecule has 3 N–H and O–H groups in total. The third-order valence-electron chi connectivity index (χ3n) is 3.31. The predicted molar refractivity (Wildman–Crippen MR) is 58.2 cm³/mol. The van der Waals surface area contributed by atoms with E-state index < -0.39 is 0 Å². The monoisotopic (exact) mass is 204 g/mol. The fraction of sp³-hybridized carbons (Fsp3) is 0.333. The minimum absolute atomic E-state index is 0.133. The van der Waals surface area contributed by atoms with E-state index in [1.807, 2.05) is 12.3 Å². The Balaban J connectivity index is 2.12. The van der Waals surface area contributed by atoms with Crippen molar-refractivity contribution in [2.24, 2.45) is 11.7 Å². The van der Waals surface area contributed by atoms with E-state index in [-0.39, 0.29) is 5.82 Å². The number of fused-ring (bicyclic) bond motifs is 1. The summed E-state index contributed by atoms with van der Waals surface area (Å²) in [6.07, 6.45) is 3.02. The highest BCUT2D eigenvalue weighted by atomic mass is 19.1. The van der Waals surface area contributed by atoms with Crippen LogP contribution in [-0.4, -0.2) is 11.5 Å². The van der Waals surface area contributed by atoms with Gasteiger partial charge in [-0.1, -0.05) is 6.07 Å². The Morgan fingerprint density at radius 3 is 3.07 bits per heavy atom. The van der Waals surface area contributed by atoms with Crippen LogP contribution in [0.2, 0.25) is 0 Å². The Labute approximate surface area is 87.3 Å². The Morgan fingerprint density at radius 1 is 1.47 bits per heavy atom. The van der Waals surface area contributed by atoms with Gasteiger partial charge >= 0.3 is 0 Å². The number of benzene rings is 1. The fourth-order valence-corrected chi connectivity index (χ4v) is 2.35. The topological polar surface area (TPSA) is 41.8 Å². The van der Waals surface area contributed by atoms with E-state index in [0.29, 0.717) is 18.4 Å². The van der Waals surface area contributed by atoms with Gasteiger partial charge in [0.15, 0.2) is 0 Å². The summed E-state index contributed by atoms with van der Waals surface area (Å²) in [4.78, 5) is 3.11. The highest BCUT2D eigenvalue weighted by Gasteiger charge is 2.38. The van der Waals surface area contributed by atoms with Crippen molar-refractivity contribution in [3.63, 3.8) is 0 Å². The first-order chi connectivity index (χ1) is 7.31. The Kier molecular flexibility index (Phi) is 1.83. The molecule has 1 saturated carbocycles. The zero-order valence-electron chi connectivity index (χ0n) is 8.33. The van der Waals surface area contributed by atoms with Crippen LogP contribution in [0.4, 0.5) is 4.39 Å². The Morgan fingerprint density at radius 2 is 2.33 bits per heavy atom. The molecule has 0 amide bonds. The van der Waals surface area contributed by atoms with Gasteiger partial charge in [0.05, 0.1) is 0 Å². The normalized spacial score (nSPS) is 24.7. The van der Waals surface area contributed by atoms with Crippen LogP contribution in [0, 0.1) is 11.7 Å². The average molecular weight is 204 g/mol. The molecule has 1 fully saturated rings. The van der Waals surface area contributed by atoms with Crippen molar-refractivity contribution in [2.45, 2.75) is 12.3 Å². The summed E-state index contributed by atoms with van der Waals surface area (Å²) in [5.74, 6) is 0.871. The second-order valence-electron chi connectivity index (χ2n) is 4.24. The summed E-state index contributed by atoms with van der Waals surface area (Å²) >= 11 is 0. The van der Waals surface area contributed by atoms with E-state index in [2.05, 4.69) is 4.98 Å². The van der Waals surface area contributed by atoms with Gasteiger partial charge < -0.3 is 10.7 Å². The summed E-state index contributed by atoms with van der Waals surface area (Å²) in [6, 6.07) is 5.15. The molecule has 3 heteroatoms. The minimum atomic E-state index is -0.133. The van der Waals surface area contributed by atoms with E-state index in [1.165, 1.54) is 6.07 Å². The number of hydrogen-bond donors (Lipinski definition) is 2. The fourth-order valence-electron chi connectivity index (χ4n) is 2.35. The molecule has 15 heavy (non-hydrogen) atoms. The van der Waals surface area contributed by atoms with Crippen LogP contribution in [0.3, 0.4) is 0 Å². The van der Waals surface area contributed by atoms with Gasteiger partial charge in [0.2, 0.25) is 0 Å². The maximum absolute atomic E-state index is 13.6. The SMILES string of the molecule is NC[C@@H]1C[C@H]1c1c[nH]c2cccc(F)c12. The van der Waals surface area contributed by atoms with Crippen LogP contribution in [0.25, 0.3) is 10.9 Å². The van der Waals surface area contributed by atoms with Gasteiger partial charge in [0, 0.05) is 17.1 Å². The second kappa shape index (κ2) is 3.07. The number of H-pyrrole nitrogens is 1. The summed E-state index contributed by atoms with van der Waals surface area (Å²) in [5, 5.41) is 0.749. The van der Waals surface area contributed by atoms with Crippen molar-refractivity contribution in [1.82, 2.24) is 4.98 Å². The molecule has 0 aliphatic heterocycles. The van der Waals surface area contributed by atoms with Gasteiger partial charge in [-0.05, 0) is 42.5 Å². The summed E-state index contributed by atoms with van der Waals surface area (Å²) in [5.41, 5.74) is 7.59. The van der Waals surface area contributed by atoms with Crippen LogP contribution in [0.1, 0.15) is 17.9 Å². The van der Waals surface area contributed by atoms with Crippen molar-refractivity contribution < 1.29 is 4.39 Å². The molecule has 0 spiro atoms.